The normalized spacial score (nSPS) is 14.2. The van der Waals surface area contributed by atoms with E-state index in [9.17, 15) is 10.1 Å². The summed E-state index contributed by atoms with van der Waals surface area (Å²) in [6, 6.07) is 14.0. The van der Waals surface area contributed by atoms with Crippen molar-refractivity contribution >= 4 is 17.5 Å². The molecule has 0 saturated carbocycles. The summed E-state index contributed by atoms with van der Waals surface area (Å²) in [5.74, 6) is 1.26. The summed E-state index contributed by atoms with van der Waals surface area (Å²) in [4.78, 5) is 21.2. The number of furan rings is 1. The number of carbonyl (C=O) groups excluding carboxylic acids is 1. The Kier molecular flexibility index (Phi) is 6.98. The first-order valence-corrected chi connectivity index (χ1v) is 11.4. The molecule has 8 heteroatoms. The van der Waals surface area contributed by atoms with Gasteiger partial charge in [0.05, 0.1) is 6.26 Å². The summed E-state index contributed by atoms with van der Waals surface area (Å²) in [5.41, 5.74) is 2.64. The maximum atomic E-state index is 12.7. The number of rotatable bonds is 8. The van der Waals surface area contributed by atoms with Crippen molar-refractivity contribution in [2.24, 2.45) is 5.92 Å². The van der Waals surface area contributed by atoms with E-state index in [0.29, 0.717) is 50.0 Å². The number of nitrogens with zero attached hydrogens (tertiary/aromatic N) is 4. The van der Waals surface area contributed by atoms with Crippen LogP contribution in [0.25, 0.3) is 11.7 Å². The summed E-state index contributed by atoms with van der Waals surface area (Å²) >= 11 is 0. The first-order chi connectivity index (χ1) is 16.1. The second kappa shape index (κ2) is 10.3. The average Bonchev–Trinajstić information content (AvgIpc) is 3.52. The zero-order chi connectivity index (χ0) is 23.2. The highest BCUT2D eigenvalue weighted by molar-refractivity contribution is 5.79. The van der Waals surface area contributed by atoms with Gasteiger partial charge in [0.25, 0.3) is 5.89 Å². The molecule has 0 aliphatic carbocycles. The number of nitriles is 1. The van der Waals surface area contributed by atoms with Crippen LogP contribution in [0, 0.1) is 24.2 Å². The van der Waals surface area contributed by atoms with Gasteiger partial charge in [0.1, 0.15) is 6.07 Å². The van der Waals surface area contributed by atoms with Crippen molar-refractivity contribution in [2.75, 3.05) is 42.5 Å². The predicted octanol–water partition coefficient (Wildman–Crippen LogP) is 3.97. The number of likely N-dealkylation sites (N-methyl/N-ethyl adjacent to an activating group) is 1. The fourth-order valence-electron chi connectivity index (χ4n) is 4.20. The Balaban J connectivity index is 1.28. The number of aryl methyl sites for hydroxylation is 1. The summed E-state index contributed by atoms with van der Waals surface area (Å²) < 4.78 is 11.2. The number of carbonyl (C=O) groups is 1. The van der Waals surface area contributed by atoms with Gasteiger partial charge < -0.3 is 24.0 Å². The Morgan fingerprint density at radius 1 is 1.30 bits per heavy atom. The minimum atomic E-state index is -0.0479. The van der Waals surface area contributed by atoms with Crippen LogP contribution in [-0.4, -0.2) is 43.6 Å². The van der Waals surface area contributed by atoms with Crippen LogP contribution in [-0.2, 0) is 4.79 Å². The molecule has 172 valence electrons. The molecular weight excluding hydrogens is 418 g/mol. The van der Waals surface area contributed by atoms with Crippen molar-refractivity contribution in [1.29, 1.82) is 5.26 Å². The second-order valence-corrected chi connectivity index (χ2v) is 8.23. The maximum Gasteiger partial charge on any atom is 0.266 e. The van der Waals surface area contributed by atoms with Crippen LogP contribution in [0.3, 0.4) is 0 Å². The maximum absolute atomic E-state index is 12.7. The van der Waals surface area contributed by atoms with Gasteiger partial charge in [-0.1, -0.05) is 12.1 Å². The van der Waals surface area contributed by atoms with Gasteiger partial charge in [-0.05, 0) is 56.5 Å². The Morgan fingerprint density at radius 2 is 2.12 bits per heavy atom. The van der Waals surface area contributed by atoms with Crippen molar-refractivity contribution < 1.29 is 13.6 Å². The molecule has 1 saturated heterocycles. The quantitative estimate of drug-likeness (QED) is 0.558. The Morgan fingerprint density at radius 3 is 2.79 bits per heavy atom. The van der Waals surface area contributed by atoms with Crippen LogP contribution >= 0.6 is 0 Å². The molecule has 2 aromatic heterocycles. The molecule has 0 bridgehead atoms. The van der Waals surface area contributed by atoms with Gasteiger partial charge in [-0.25, -0.2) is 0 Å². The number of hydrogen-bond acceptors (Lipinski definition) is 7. The zero-order valence-corrected chi connectivity index (χ0v) is 19.1. The van der Waals surface area contributed by atoms with Crippen LogP contribution in [0.15, 0.2) is 51.5 Å². The molecular formula is C25H29N5O3. The molecule has 1 N–H and O–H groups in total. The lowest BCUT2D eigenvalue weighted by Crippen LogP contribution is -2.42. The topological polar surface area (TPSA) is 98.5 Å². The number of hydrogen-bond donors (Lipinski definition) is 1. The van der Waals surface area contributed by atoms with E-state index in [1.165, 1.54) is 17.5 Å². The average molecular weight is 448 g/mol. The number of piperidine rings is 1. The van der Waals surface area contributed by atoms with Gasteiger partial charge in [0, 0.05) is 44.3 Å². The number of amides is 1. The van der Waals surface area contributed by atoms with Crippen molar-refractivity contribution in [3.8, 4) is 17.7 Å². The van der Waals surface area contributed by atoms with E-state index in [0.717, 1.165) is 13.1 Å². The molecule has 1 aliphatic heterocycles. The Labute approximate surface area is 193 Å². The van der Waals surface area contributed by atoms with E-state index in [2.05, 4.69) is 59.4 Å². The fraction of sp³-hybridized carbons (Fsp3) is 0.400. The highest BCUT2D eigenvalue weighted by atomic mass is 16.4. The fourth-order valence-corrected chi connectivity index (χ4v) is 4.20. The van der Waals surface area contributed by atoms with Crippen LogP contribution in [0.4, 0.5) is 11.6 Å². The molecule has 8 nitrogen and oxygen atoms in total. The van der Waals surface area contributed by atoms with E-state index in [1.807, 2.05) is 4.90 Å². The number of anilines is 2. The summed E-state index contributed by atoms with van der Waals surface area (Å²) in [7, 11) is 0. The highest BCUT2D eigenvalue weighted by Gasteiger charge is 2.29. The molecule has 4 rings (SSSR count). The molecule has 1 aromatic carbocycles. The standard InChI is InChI=1S/C25H29N5O3/c1-3-29(20-7-4-6-18(2)16-20)14-11-27-23(31)19-9-12-30(13-10-19)25-21(17-26)28-24(33-25)22-8-5-15-32-22/h4-8,15-16,19H,3,9-14H2,1-2H3,(H,27,31). The van der Waals surface area contributed by atoms with Crippen molar-refractivity contribution in [2.45, 2.75) is 26.7 Å². The van der Waals surface area contributed by atoms with E-state index in [-0.39, 0.29) is 17.5 Å². The summed E-state index contributed by atoms with van der Waals surface area (Å²) in [6.07, 6.45) is 2.93. The van der Waals surface area contributed by atoms with Gasteiger partial charge in [-0.3, -0.25) is 4.79 Å². The third kappa shape index (κ3) is 5.20. The van der Waals surface area contributed by atoms with E-state index >= 15 is 0 Å². The van der Waals surface area contributed by atoms with E-state index < -0.39 is 0 Å². The van der Waals surface area contributed by atoms with E-state index in [1.54, 1.807) is 12.1 Å². The van der Waals surface area contributed by atoms with Crippen LogP contribution in [0.1, 0.15) is 31.0 Å². The van der Waals surface area contributed by atoms with Gasteiger partial charge >= 0.3 is 0 Å². The molecule has 0 atom stereocenters. The number of benzene rings is 1. The molecule has 1 aliphatic rings. The minimum Gasteiger partial charge on any atom is -0.459 e. The van der Waals surface area contributed by atoms with Crippen LogP contribution in [0.5, 0.6) is 0 Å². The Hall–Kier alpha value is -3.73. The molecule has 0 radical (unpaired) electrons. The van der Waals surface area contributed by atoms with Crippen LogP contribution < -0.4 is 15.1 Å². The lowest BCUT2D eigenvalue weighted by molar-refractivity contribution is -0.125. The van der Waals surface area contributed by atoms with Crippen LogP contribution in [0.2, 0.25) is 0 Å². The predicted molar refractivity (Wildman–Crippen MR) is 126 cm³/mol. The molecule has 0 unspecified atom stereocenters. The van der Waals surface area contributed by atoms with Gasteiger partial charge in [0.2, 0.25) is 17.5 Å². The minimum absolute atomic E-state index is 0.0479. The SMILES string of the molecule is CCN(CCNC(=O)C1CCN(c2oc(-c3ccco3)nc2C#N)CC1)c1cccc(C)c1. The molecule has 1 amide bonds. The monoisotopic (exact) mass is 447 g/mol. The summed E-state index contributed by atoms with van der Waals surface area (Å²) in [5, 5.41) is 12.6. The smallest absolute Gasteiger partial charge is 0.266 e. The first-order valence-electron chi connectivity index (χ1n) is 11.4. The number of aromatic nitrogens is 1. The highest BCUT2D eigenvalue weighted by Crippen LogP contribution is 2.31. The number of oxazole rings is 1. The Bertz CT molecular complexity index is 1110. The van der Waals surface area contributed by atoms with Crippen molar-refractivity contribution in [3.05, 3.63) is 53.9 Å². The first kappa shape index (κ1) is 22.5. The van der Waals surface area contributed by atoms with Crippen molar-refractivity contribution in [3.63, 3.8) is 0 Å². The molecule has 3 aromatic rings. The second-order valence-electron chi connectivity index (χ2n) is 8.23. The molecule has 0 spiro atoms. The zero-order valence-electron chi connectivity index (χ0n) is 19.1. The number of nitrogens with one attached hydrogen (secondary N) is 1. The molecule has 3 heterocycles. The largest absolute Gasteiger partial charge is 0.459 e. The molecule has 1 fully saturated rings. The van der Waals surface area contributed by atoms with Gasteiger partial charge in [0.15, 0.2) is 5.76 Å². The van der Waals surface area contributed by atoms with Gasteiger partial charge in [-0.2, -0.15) is 10.2 Å². The van der Waals surface area contributed by atoms with E-state index in [4.69, 9.17) is 8.83 Å². The van der Waals surface area contributed by atoms with Gasteiger partial charge in [-0.15, -0.1) is 0 Å². The van der Waals surface area contributed by atoms with Crippen molar-refractivity contribution in [1.82, 2.24) is 10.3 Å². The lowest BCUT2D eigenvalue weighted by Gasteiger charge is -2.31. The third-order valence-corrected chi connectivity index (χ3v) is 6.03. The molecule has 33 heavy (non-hydrogen) atoms. The lowest BCUT2D eigenvalue weighted by atomic mass is 9.96. The summed E-state index contributed by atoms with van der Waals surface area (Å²) in [6.45, 7) is 7.72. The third-order valence-electron chi connectivity index (χ3n) is 6.03.